The Kier molecular flexibility index (Phi) is 6.14. The summed E-state index contributed by atoms with van der Waals surface area (Å²) >= 11 is 1.36. The van der Waals surface area contributed by atoms with Crippen molar-refractivity contribution in [2.45, 2.75) is 20.8 Å². The van der Waals surface area contributed by atoms with Crippen molar-refractivity contribution in [1.82, 2.24) is 4.90 Å². The molecule has 6 heteroatoms. The highest BCUT2D eigenvalue weighted by atomic mass is 32.1. The third-order valence-corrected chi connectivity index (χ3v) is 3.89. The molecule has 0 aromatic carbocycles. The molecule has 5 nitrogen and oxygen atoms in total. The zero-order valence-corrected chi connectivity index (χ0v) is 13.1. The maximum Gasteiger partial charge on any atom is 0.239 e. The highest BCUT2D eigenvalue weighted by Crippen LogP contribution is 2.22. The Morgan fingerprint density at radius 1 is 1.60 bits per heavy atom. The molecule has 0 aliphatic carbocycles. The van der Waals surface area contributed by atoms with E-state index in [1.54, 1.807) is 11.4 Å². The number of amides is 1. The van der Waals surface area contributed by atoms with Gasteiger partial charge in [0.2, 0.25) is 5.91 Å². The summed E-state index contributed by atoms with van der Waals surface area (Å²) in [4.78, 5) is 14.1. The van der Waals surface area contributed by atoms with Crippen molar-refractivity contribution in [3.8, 4) is 6.07 Å². The number of carbonyl (C=O) groups is 1. The summed E-state index contributed by atoms with van der Waals surface area (Å²) in [5, 5.41) is 14.1. The molecule has 20 heavy (non-hydrogen) atoms. The fraction of sp³-hybridized carbons (Fsp3) is 0.571. The molecule has 0 bridgehead atoms. The first-order chi connectivity index (χ1) is 9.41. The van der Waals surface area contributed by atoms with Gasteiger partial charge in [0.1, 0.15) is 11.1 Å². The first-order valence-corrected chi connectivity index (χ1v) is 7.49. The lowest BCUT2D eigenvalue weighted by atomic mass is 9.93. The molecule has 1 amide bonds. The maximum atomic E-state index is 12.0. The number of rotatable bonds is 7. The van der Waals surface area contributed by atoms with Crippen LogP contribution in [0.5, 0.6) is 0 Å². The lowest BCUT2D eigenvalue weighted by Crippen LogP contribution is -2.42. The number of hydrogen-bond donors (Lipinski definition) is 2. The first kappa shape index (κ1) is 16.6. The van der Waals surface area contributed by atoms with Gasteiger partial charge in [-0.05, 0) is 30.0 Å². The Labute approximate surface area is 124 Å². The summed E-state index contributed by atoms with van der Waals surface area (Å²) in [6.07, 6.45) is 0. The fourth-order valence-corrected chi connectivity index (χ4v) is 2.57. The SMILES string of the molecule is CCN(CC(=O)Nc1sccc1C#N)CC(C)(C)CN. The van der Waals surface area contributed by atoms with E-state index in [-0.39, 0.29) is 11.3 Å². The summed E-state index contributed by atoms with van der Waals surface area (Å²) in [5.74, 6) is -0.0985. The van der Waals surface area contributed by atoms with Crippen LogP contribution in [-0.4, -0.2) is 37.0 Å². The van der Waals surface area contributed by atoms with Gasteiger partial charge in [0, 0.05) is 6.54 Å². The van der Waals surface area contributed by atoms with Gasteiger partial charge in [-0.25, -0.2) is 0 Å². The third-order valence-electron chi connectivity index (χ3n) is 3.06. The summed E-state index contributed by atoms with van der Waals surface area (Å²) in [6.45, 7) is 8.62. The Bertz CT molecular complexity index is 490. The van der Waals surface area contributed by atoms with Crippen LogP contribution in [0.3, 0.4) is 0 Å². The van der Waals surface area contributed by atoms with Gasteiger partial charge in [0.25, 0.3) is 0 Å². The normalized spacial score (nSPS) is 11.4. The Hall–Kier alpha value is -1.42. The van der Waals surface area contributed by atoms with Crippen molar-refractivity contribution in [2.75, 3.05) is 31.5 Å². The molecule has 0 aliphatic heterocycles. The molecule has 1 aromatic rings. The molecule has 0 unspecified atom stereocenters. The largest absolute Gasteiger partial charge is 0.330 e. The second-order valence-electron chi connectivity index (χ2n) is 5.49. The Morgan fingerprint density at radius 3 is 2.85 bits per heavy atom. The number of hydrogen-bond acceptors (Lipinski definition) is 5. The van der Waals surface area contributed by atoms with Gasteiger partial charge in [0.15, 0.2) is 0 Å². The first-order valence-electron chi connectivity index (χ1n) is 6.61. The number of anilines is 1. The average Bonchev–Trinajstić information content (AvgIpc) is 2.84. The minimum absolute atomic E-state index is 0.0168. The van der Waals surface area contributed by atoms with E-state index in [1.165, 1.54) is 11.3 Å². The lowest BCUT2D eigenvalue weighted by molar-refractivity contribution is -0.117. The zero-order valence-electron chi connectivity index (χ0n) is 12.3. The Balaban J connectivity index is 2.58. The maximum absolute atomic E-state index is 12.0. The standard InChI is InChI=1S/C14H22N4OS/c1-4-18(10-14(2,3)9-16)8-12(19)17-13-11(7-15)5-6-20-13/h5-6H,4,8-10,16H2,1-3H3,(H,17,19). The number of nitrogens with zero attached hydrogens (tertiary/aromatic N) is 2. The summed E-state index contributed by atoms with van der Waals surface area (Å²) in [6, 6.07) is 3.76. The van der Waals surface area contributed by atoms with E-state index in [0.717, 1.165) is 13.1 Å². The average molecular weight is 294 g/mol. The highest BCUT2D eigenvalue weighted by Gasteiger charge is 2.21. The van der Waals surface area contributed by atoms with Crippen LogP contribution in [0.1, 0.15) is 26.3 Å². The van der Waals surface area contributed by atoms with Gasteiger partial charge in [-0.15, -0.1) is 11.3 Å². The number of nitriles is 1. The molecule has 1 heterocycles. The van der Waals surface area contributed by atoms with E-state index >= 15 is 0 Å². The smallest absolute Gasteiger partial charge is 0.239 e. The van der Waals surface area contributed by atoms with E-state index in [0.29, 0.717) is 23.7 Å². The molecular formula is C14H22N4OS. The van der Waals surface area contributed by atoms with Crippen LogP contribution in [0.2, 0.25) is 0 Å². The van der Waals surface area contributed by atoms with Crippen LogP contribution in [-0.2, 0) is 4.79 Å². The Morgan fingerprint density at radius 2 is 2.30 bits per heavy atom. The summed E-state index contributed by atoms with van der Waals surface area (Å²) in [7, 11) is 0. The van der Waals surface area contributed by atoms with Crippen molar-refractivity contribution in [1.29, 1.82) is 5.26 Å². The third kappa shape index (κ3) is 4.93. The summed E-state index contributed by atoms with van der Waals surface area (Å²) < 4.78 is 0. The van der Waals surface area contributed by atoms with Gasteiger partial charge in [-0.3, -0.25) is 9.69 Å². The van der Waals surface area contributed by atoms with Gasteiger partial charge in [-0.2, -0.15) is 5.26 Å². The van der Waals surface area contributed by atoms with Gasteiger partial charge >= 0.3 is 0 Å². The topological polar surface area (TPSA) is 82.2 Å². The van der Waals surface area contributed by atoms with Crippen molar-refractivity contribution in [3.63, 3.8) is 0 Å². The van der Waals surface area contributed by atoms with Crippen LogP contribution in [0.15, 0.2) is 11.4 Å². The molecule has 0 saturated heterocycles. The van der Waals surface area contributed by atoms with Crippen LogP contribution in [0, 0.1) is 16.7 Å². The van der Waals surface area contributed by atoms with Crippen molar-refractivity contribution < 1.29 is 4.79 Å². The molecule has 0 spiro atoms. The predicted molar refractivity (Wildman–Crippen MR) is 82.6 cm³/mol. The fourth-order valence-electron chi connectivity index (χ4n) is 1.81. The molecule has 0 saturated carbocycles. The molecule has 3 N–H and O–H groups in total. The number of nitrogens with one attached hydrogen (secondary N) is 1. The van der Waals surface area contributed by atoms with Gasteiger partial charge in [-0.1, -0.05) is 20.8 Å². The minimum atomic E-state index is -0.0985. The van der Waals surface area contributed by atoms with Crippen LogP contribution in [0.4, 0.5) is 5.00 Å². The number of nitrogens with two attached hydrogens (primary N) is 1. The second kappa shape index (κ2) is 7.39. The van der Waals surface area contributed by atoms with E-state index < -0.39 is 0 Å². The molecule has 0 radical (unpaired) electrons. The van der Waals surface area contributed by atoms with Crippen LogP contribution >= 0.6 is 11.3 Å². The molecule has 0 fully saturated rings. The van der Waals surface area contributed by atoms with Crippen molar-refractivity contribution in [3.05, 3.63) is 17.0 Å². The number of carbonyl (C=O) groups excluding carboxylic acids is 1. The predicted octanol–water partition coefficient (Wildman–Crippen LogP) is 1.87. The molecule has 0 atom stereocenters. The van der Waals surface area contributed by atoms with E-state index in [1.807, 2.05) is 6.92 Å². The zero-order chi connectivity index (χ0) is 15.2. The van der Waals surface area contributed by atoms with E-state index in [9.17, 15) is 4.79 Å². The lowest BCUT2D eigenvalue weighted by Gasteiger charge is -2.30. The van der Waals surface area contributed by atoms with Gasteiger partial charge in [0.05, 0.1) is 12.1 Å². The quantitative estimate of drug-likeness (QED) is 0.804. The molecule has 110 valence electrons. The number of thiophene rings is 1. The van der Waals surface area contributed by atoms with Gasteiger partial charge < -0.3 is 11.1 Å². The van der Waals surface area contributed by atoms with Crippen LogP contribution < -0.4 is 11.1 Å². The highest BCUT2D eigenvalue weighted by molar-refractivity contribution is 7.14. The van der Waals surface area contributed by atoms with E-state index in [2.05, 4.69) is 30.1 Å². The molecule has 1 aromatic heterocycles. The van der Waals surface area contributed by atoms with E-state index in [4.69, 9.17) is 11.0 Å². The molecule has 0 aliphatic rings. The second-order valence-corrected chi connectivity index (χ2v) is 6.41. The molecular weight excluding hydrogens is 272 g/mol. The minimum Gasteiger partial charge on any atom is -0.330 e. The number of likely N-dealkylation sites (N-methyl/N-ethyl adjacent to an activating group) is 1. The van der Waals surface area contributed by atoms with Crippen molar-refractivity contribution in [2.24, 2.45) is 11.1 Å². The van der Waals surface area contributed by atoms with Crippen LogP contribution in [0.25, 0.3) is 0 Å². The summed E-state index contributed by atoms with van der Waals surface area (Å²) in [5.41, 5.74) is 6.22. The monoisotopic (exact) mass is 294 g/mol. The molecule has 1 rings (SSSR count). The van der Waals surface area contributed by atoms with Crippen molar-refractivity contribution >= 4 is 22.2 Å².